The van der Waals surface area contributed by atoms with E-state index in [1.165, 1.54) is 11.8 Å². The number of thioether (sulfide) groups is 1. The molecule has 0 aliphatic rings. The second-order valence-corrected chi connectivity index (χ2v) is 6.24. The Bertz CT molecular complexity index is 747. The minimum atomic E-state index is -0.606. The molecule has 0 saturated carbocycles. The predicted molar refractivity (Wildman–Crippen MR) is 99.8 cm³/mol. The molecular formula is C17H23N5O4S. The highest BCUT2D eigenvalue weighted by atomic mass is 32.2. The van der Waals surface area contributed by atoms with E-state index in [0.717, 1.165) is 0 Å². The fraction of sp³-hybridized carbons (Fsp3) is 0.412. The SMILES string of the molecule is CCOC(OCC)c1nnc(SCC(=O)NNC(=O)c2ccccc2)n1C. The van der Waals surface area contributed by atoms with Crippen LogP contribution in [0.1, 0.15) is 36.3 Å². The maximum absolute atomic E-state index is 12.0. The summed E-state index contributed by atoms with van der Waals surface area (Å²) in [6.07, 6.45) is -0.606. The van der Waals surface area contributed by atoms with Crippen LogP contribution in [0.5, 0.6) is 0 Å². The molecular weight excluding hydrogens is 370 g/mol. The van der Waals surface area contributed by atoms with Gasteiger partial charge in [0.25, 0.3) is 5.91 Å². The summed E-state index contributed by atoms with van der Waals surface area (Å²) in [6, 6.07) is 8.61. The molecule has 0 atom stereocenters. The summed E-state index contributed by atoms with van der Waals surface area (Å²) in [5.74, 6) is -0.153. The highest BCUT2D eigenvalue weighted by Gasteiger charge is 2.20. The van der Waals surface area contributed by atoms with Crippen LogP contribution in [0.15, 0.2) is 35.5 Å². The standard InChI is InChI=1S/C17H23N5O4S/c1-4-25-16(26-5-2)14-19-21-17(22(14)3)27-11-13(23)18-20-15(24)12-9-7-6-8-10-12/h6-10,16H,4-5,11H2,1-3H3,(H,18,23)(H,20,24). The van der Waals surface area contributed by atoms with E-state index in [1.807, 2.05) is 19.9 Å². The third kappa shape index (κ3) is 6.05. The normalized spacial score (nSPS) is 10.8. The lowest BCUT2D eigenvalue weighted by molar-refractivity contribution is -0.146. The minimum Gasteiger partial charge on any atom is -0.346 e. The molecule has 0 unspecified atom stereocenters. The molecule has 0 bridgehead atoms. The molecule has 2 amide bonds. The van der Waals surface area contributed by atoms with Crippen LogP contribution in [0.3, 0.4) is 0 Å². The summed E-state index contributed by atoms with van der Waals surface area (Å²) in [6.45, 7) is 4.69. The van der Waals surface area contributed by atoms with Gasteiger partial charge in [-0.3, -0.25) is 20.4 Å². The third-order valence-corrected chi connectivity index (χ3v) is 4.42. The van der Waals surface area contributed by atoms with Gasteiger partial charge in [-0.2, -0.15) is 0 Å². The van der Waals surface area contributed by atoms with Crippen LogP contribution >= 0.6 is 11.8 Å². The van der Waals surface area contributed by atoms with Crippen LogP contribution in [0, 0.1) is 0 Å². The summed E-state index contributed by atoms with van der Waals surface area (Å²) in [5, 5.41) is 8.69. The first-order valence-electron chi connectivity index (χ1n) is 8.46. The lowest BCUT2D eigenvalue weighted by atomic mass is 10.2. The molecule has 0 aliphatic carbocycles. The van der Waals surface area contributed by atoms with Crippen molar-refractivity contribution in [1.82, 2.24) is 25.6 Å². The van der Waals surface area contributed by atoms with Gasteiger partial charge in [0.05, 0.1) is 5.75 Å². The Hall–Kier alpha value is -2.43. The van der Waals surface area contributed by atoms with Crippen molar-refractivity contribution in [3.8, 4) is 0 Å². The molecule has 146 valence electrons. The summed E-state index contributed by atoms with van der Waals surface area (Å²) in [7, 11) is 1.78. The van der Waals surface area contributed by atoms with Gasteiger partial charge in [0, 0.05) is 25.8 Å². The van der Waals surface area contributed by atoms with Crippen LogP contribution in [-0.4, -0.2) is 45.5 Å². The van der Waals surface area contributed by atoms with Crippen molar-refractivity contribution in [2.45, 2.75) is 25.3 Å². The molecule has 1 heterocycles. The van der Waals surface area contributed by atoms with Gasteiger partial charge in [0.15, 0.2) is 11.0 Å². The summed E-state index contributed by atoms with van der Waals surface area (Å²) < 4.78 is 12.7. The number of rotatable bonds is 9. The number of hydrazine groups is 1. The average Bonchev–Trinajstić information content (AvgIpc) is 3.05. The second-order valence-electron chi connectivity index (χ2n) is 5.30. The molecule has 10 heteroatoms. The Labute approximate surface area is 161 Å². The van der Waals surface area contributed by atoms with Crippen molar-refractivity contribution in [3.63, 3.8) is 0 Å². The lowest BCUT2D eigenvalue weighted by Crippen LogP contribution is -2.42. The zero-order valence-electron chi connectivity index (χ0n) is 15.5. The first kappa shape index (κ1) is 20.9. The predicted octanol–water partition coefficient (Wildman–Crippen LogP) is 1.44. The Morgan fingerprint density at radius 3 is 2.41 bits per heavy atom. The Balaban J connectivity index is 1.85. The lowest BCUT2D eigenvalue weighted by Gasteiger charge is -2.15. The maximum atomic E-state index is 12.0. The number of aromatic nitrogens is 3. The fourth-order valence-electron chi connectivity index (χ4n) is 2.11. The Kier molecular flexibility index (Phi) is 8.24. The quantitative estimate of drug-likeness (QED) is 0.377. The molecule has 2 N–H and O–H groups in total. The van der Waals surface area contributed by atoms with Gasteiger partial charge < -0.3 is 14.0 Å². The molecule has 1 aromatic carbocycles. The number of amides is 2. The minimum absolute atomic E-state index is 0.0645. The zero-order valence-corrected chi connectivity index (χ0v) is 16.3. The van der Waals surface area contributed by atoms with Gasteiger partial charge in [0.1, 0.15) is 0 Å². The van der Waals surface area contributed by atoms with Gasteiger partial charge in [0.2, 0.25) is 12.2 Å². The van der Waals surface area contributed by atoms with Crippen LogP contribution in [0.25, 0.3) is 0 Å². The van der Waals surface area contributed by atoms with Gasteiger partial charge in [-0.05, 0) is 26.0 Å². The number of nitrogens with one attached hydrogen (secondary N) is 2. The number of hydrogen-bond acceptors (Lipinski definition) is 7. The Morgan fingerprint density at radius 2 is 1.78 bits per heavy atom. The van der Waals surface area contributed by atoms with E-state index in [2.05, 4.69) is 21.0 Å². The van der Waals surface area contributed by atoms with Crippen molar-refractivity contribution in [2.24, 2.45) is 7.05 Å². The summed E-state index contributed by atoms with van der Waals surface area (Å²) in [4.78, 5) is 23.8. The number of hydrogen-bond donors (Lipinski definition) is 2. The van der Waals surface area contributed by atoms with Crippen LogP contribution in [-0.2, 0) is 21.3 Å². The first-order valence-corrected chi connectivity index (χ1v) is 9.44. The van der Waals surface area contributed by atoms with Gasteiger partial charge in [-0.25, -0.2) is 0 Å². The molecule has 2 rings (SSSR count). The van der Waals surface area contributed by atoms with Crippen molar-refractivity contribution < 1.29 is 19.1 Å². The van der Waals surface area contributed by atoms with Crippen LogP contribution in [0.2, 0.25) is 0 Å². The first-order chi connectivity index (χ1) is 13.1. The third-order valence-electron chi connectivity index (χ3n) is 3.40. The van der Waals surface area contributed by atoms with E-state index in [-0.39, 0.29) is 17.6 Å². The van der Waals surface area contributed by atoms with Gasteiger partial charge in [-0.1, -0.05) is 30.0 Å². The van der Waals surface area contributed by atoms with E-state index in [9.17, 15) is 9.59 Å². The zero-order chi connectivity index (χ0) is 19.6. The van der Waals surface area contributed by atoms with Crippen molar-refractivity contribution >= 4 is 23.6 Å². The molecule has 2 aromatic rings. The van der Waals surface area contributed by atoms with Gasteiger partial charge in [-0.15, -0.1) is 10.2 Å². The van der Waals surface area contributed by atoms with Crippen LogP contribution in [0.4, 0.5) is 0 Å². The number of carbonyl (C=O) groups excluding carboxylic acids is 2. The maximum Gasteiger partial charge on any atom is 0.269 e. The van der Waals surface area contributed by atoms with Crippen molar-refractivity contribution in [2.75, 3.05) is 19.0 Å². The molecule has 0 saturated heterocycles. The van der Waals surface area contributed by atoms with Crippen LogP contribution < -0.4 is 10.9 Å². The molecule has 27 heavy (non-hydrogen) atoms. The number of carbonyl (C=O) groups is 2. The largest absolute Gasteiger partial charge is 0.346 e. The summed E-state index contributed by atoms with van der Waals surface area (Å²) >= 11 is 1.19. The molecule has 0 aliphatic heterocycles. The van der Waals surface area contributed by atoms with E-state index < -0.39 is 6.29 Å². The molecule has 0 fully saturated rings. The van der Waals surface area contributed by atoms with E-state index >= 15 is 0 Å². The highest BCUT2D eigenvalue weighted by molar-refractivity contribution is 7.99. The monoisotopic (exact) mass is 393 g/mol. The van der Waals surface area contributed by atoms with Crippen molar-refractivity contribution in [3.05, 3.63) is 41.7 Å². The van der Waals surface area contributed by atoms with E-state index in [1.54, 1.807) is 35.9 Å². The molecule has 0 spiro atoms. The van der Waals surface area contributed by atoms with E-state index in [0.29, 0.717) is 29.8 Å². The number of benzene rings is 1. The summed E-state index contributed by atoms with van der Waals surface area (Å²) in [5.41, 5.74) is 5.21. The van der Waals surface area contributed by atoms with Gasteiger partial charge >= 0.3 is 0 Å². The highest BCUT2D eigenvalue weighted by Crippen LogP contribution is 2.22. The fourth-order valence-corrected chi connectivity index (χ4v) is 2.83. The van der Waals surface area contributed by atoms with E-state index in [4.69, 9.17) is 9.47 Å². The molecule has 1 aromatic heterocycles. The molecule has 9 nitrogen and oxygen atoms in total. The van der Waals surface area contributed by atoms with Crippen molar-refractivity contribution in [1.29, 1.82) is 0 Å². The smallest absolute Gasteiger partial charge is 0.269 e. The second kappa shape index (κ2) is 10.7. The topological polar surface area (TPSA) is 107 Å². The average molecular weight is 393 g/mol. The number of ether oxygens (including phenoxy) is 2. The number of nitrogens with zero attached hydrogens (tertiary/aromatic N) is 3. The Morgan fingerprint density at radius 1 is 1.11 bits per heavy atom. The molecule has 0 radical (unpaired) electrons.